The highest BCUT2D eigenvalue weighted by Crippen LogP contribution is 2.45. The molecule has 134 valence electrons. The molecule has 0 bridgehead atoms. The zero-order chi connectivity index (χ0) is 18.0. The number of nitrogens with zero attached hydrogens (tertiary/aromatic N) is 1. The quantitative estimate of drug-likeness (QED) is 0.638. The van der Waals surface area contributed by atoms with Crippen LogP contribution < -0.4 is 20.3 Å². The van der Waals surface area contributed by atoms with Gasteiger partial charge < -0.3 is 14.4 Å². The maximum absolute atomic E-state index is 13.1. The van der Waals surface area contributed by atoms with Crippen LogP contribution in [0.5, 0.6) is 11.5 Å². The minimum atomic E-state index is -3.73. The Balaban J connectivity index is 1.55. The molecule has 0 atom stereocenters. The van der Waals surface area contributed by atoms with Gasteiger partial charge in [0.05, 0.1) is 0 Å². The molecule has 0 unspecified atom stereocenters. The highest BCUT2D eigenvalue weighted by molar-refractivity contribution is 5.87. The van der Waals surface area contributed by atoms with Crippen LogP contribution in [0.3, 0.4) is 0 Å². The Kier molecular flexibility index (Phi) is 4.47. The molecule has 3 rings (SSSR count). The van der Waals surface area contributed by atoms with Crippen LogP contribution in [0, 0.1) is 5.92 Å². The standard InChI is InChI=1S/C16H17F2N3O4/c1-2-13(22)21-8-6-10(7-9-21)15(23)20-19-11-4-3-5-12-14(11)25-16(17,18)24-12/h2-5,10,19H,1,6-9H2,(H,20,23). The number of anilines is 1. The summed E-state index contributed by atoms with van der Waals surface area (Å²) >= 11 is 0. The van der Waals surface area contributed by atoms with Crippen molar-refractivity contribution >= 4 is 17.5 Å². The molecule has 0 radical (unpaired) electrons. The fourth-order valence-electron chi connectivity index (χ4n) is 2.79. The van der Waals surface area contributed by atoms with Gasteiger partial charge in [0.1, 0.15) is 5.69 Å². The van der Waals surface area contributed by atoms with Gasteiger partial charge in [-0.3, -0.25) is 20.4 Å². The third-order valence-corrected chi connectivity index (χ3v) is 4.10. The van der Waals surface area contributed by atoms with Gasteiger partial charge in [0.15, 0.2) is 11.5 Å². The highest BCUT2D eigenvalue weighted by Gasteiger charge is 2.44. The summed E-state index contributed by atoms with van der Waals surface area (Å²) < 4.78 is 35.1. The van der Waals surface area contributed by atoms with Crippen LogP contribution in [0.1, 0.15) is 12.8 Å². The van der Waals surface area contributed by atoms with E-state index in [1.807, 2.05) is 0 Å². The first kappa shape index (κ1) is 17.0. The molecule has 1 aromatic rings. The van der Waals surface area contributed by atoms with E-state index in [-0.39, 0.29) is 34.9 Å². The van der Waals surface area contributed by atoms with E-state index in [9.17, 15) is 18.4 Å². The van der Waals surface area contributed by atoms with Gasteiger partial charge in [-0.05, 0) is 31.1 Å². The number of hydrogen-bond acceptors (Lipinski definition) is 5. The SMILES string of the molecule is C=CC(=O)N1CCC(C(=O)NNc2cccc3c2OC(F)(F)O3)CC1. The van der Waals surface area contributed by atoms with E-state index in [0.29, 0.717) is 25.9 Å². The van der Waals surface area contributed by atoms with Gasteiger partial charge in [-0.2, -0.15) is 0 Å². The molecule has 9 heteroatoms. The van der Waals surface area contributed by atoms with E-state index in [1.54, 1.807) is 4.90 Å². The summed E-state index contributed by atoms with van der Waals surface area (Å²) in [6, 6.07) is 4.32. The van der Waals surface area contributed by atoms with Crippen LogP contribution in [0.2, 0.25) is 0 Å². The molecular formula is C16H17F2N3O4. The fourth-order valence-corrected chi connectivity index (χ4v) is 2.79. The molecule has 0 aromatic heterocycles. The van der Waals surface area contributed by atoms with Crippen LogP contribution in [-0.4, -0.2) is 36.1 Å². The number of para-hydroxylation sites is 1. The molecule has 1 fully saturated rings. The third kappa shape index (κ3) is 3.65. The topological polar surface area (TPSA) is 79.9 Å². The second-order valence-electron chi connectivity index (χ2n) is 5.72. The smallest absolute Gasteiger partial charge is 0.395 e. The molecular weight excluding hydrogens is 336 g/mol. The number of alkyl halides is 2. The fraction of sp³-hybridized carbons (Fsp3) is 0.375. The van der Waals surface area contributed by atoms with E-state index < -0.39 is 6.29 Å². The Morgan fingerprint density at radius 3 is 2.68 bits per heavy atom. The number of hydrogen-bond donors (Lipinski definition) is 2. The summed E-state index contributed by atoms with van der Waals surface area (Å²) in [5, 5.41) is 0. The summed E-state index contributed by atoms with van der Waals surface area (Å²) in [6.07, 6.45) is -1.46. The second kappa shape index (κ2) is 6.58. The predicted octanol–water partition coefficient (Wildman–Crippen LogP) is 1.88. The van der Waals surface area contributed by atoms with E-state index >= 15 is 0 Å². The van der Waals surface area contributed by atoms with E-state index in [4.69, 9.17) is 0 Å². The highest BCUT2D eigenvalue weighted by atomic mass is 19.3. The molecule has 7 nitrogen and oxygen atoms in total. The lowest BCUT2D eigenvalue weighted by molar-refractivity contribution is -0.286. The van der Waals surface area contributed by atoms with E-state index in [2.05, 4.69) is 26.9 Å². The summed E-state index contributed by atoms with van der Waals surface area (Å²) in [4.78, 5) is 25.4. The number of amides is 2. The maximum atomic E-state index is 13.1. The van der Waals surface area contributed by atoms with Crippen LogP contribution in [0.15, 0.2) is 30.9 Å². The number of ether oxygens (including phenoxy) is 2. The van der Waals surface area contributed by atoms with Crippen LogP contribution in [0.4, 0.5) is 14.5 Å². The number of benzene rings is 1. The Morgan fingerprint density at radius 2 is 2.00 bits per heavy atom. The number of halogens is 2. The van der Waals surface area contributed by atoms with Crippen molar-refractivity contribution in [3.05, 3.63) is 30.9 Å². The largest absolute Gasteiger partial charge is 0.586 e. The molecule has 1 saturated heterocycles. The average Bonchev–Trinajstić information content (AvgIpc) is 2.93. The first-order valence-electron chi connectivity index (χ1n) is 7.75. The van der Waals surface area contributed by atoms with Gasteiger partial charge in [0.25, 0.3) is 0 Å². The number of likely N-dealkylation sites (tertiary alicyclic amines) is 1. The van der Waals surface area contributed by atoms with Crippen LogP contribution in [-0.2, 0) is 9.59 Å². The predicted molar refractivity (Wildman–Crippen MR) is 83.9 cm³/mol. The number of fused-ring (bicyclic) bond motifs is 1. The summed E-state index contributed by atoms with van der Waals surface area (Å²) in [5.41, 5.74) is 5.25. The summed E-state index contributed by atoms with van der Waals surface area (Å²) in [5.74, 6) is -1.000. The Labute approximate surface area is 142 Å². The molecule has 0 spiro atoms. The summed E-state index contributed by atoms with van der Waals surface area (Å²) in [6.45, 7) is 4.37. The van der Waals surface area contributed by atoms with Crippen molar-refractivity contribution in [3.8, 4) is 11.5 Å². The van der Waals surface area contributed by atoms with Crippen molar-refractivity contribution in [1.29, 1.82) is 0 Å². The first-order chi connectivity index (χ1) is 11.9. The third-order valence-electron chi connectivity index (χ3n) is 4.10. The van der Waals surface area contributed by atoms with Crippen molar-refractivity contribution in [2.24, 2.45) is 5.92 Å². The van der Waals surface area contributed by atoms with Crippen LogP contribution in [0.25, 0.3) is 0 Å². The average molecular weight is 353 g/mol. The molecule has 2 aliphatic heterocycles. The lowest BCUT2D eigenvalue weighted by atomic mass is 9.96. The molecule has 2 N–H and O–H groups in total. The summed E-state index contributed by atoms with van der Waals surface area (Å²) in [7, 11) is 0. The Hall–Kier alpha value is -2.84. The number of piperidine rings is 1. The van der Waals surface area contributed by atoms with Gasteiger partial charge >= 0.3 is 6.29 Å². The van der Waals surface area contributed by atoms with Crippen molar-refractivity contribution in [1.82, 2.24) is 10.3 Å². The molecule has 0 aliphatic carbocycles. The van der Waals surface area contributed by atoms with Gasteiger partial charge in [0.2, 0.25) is 11.8 Å². The van der Waals surface area contributed by atoms with Crippen molar-refractivity contribution < 1.29 is 27.8 Å². The number of carbonyl (C=O) groups is 2. The van der Waals surface area contributed by atoms with Gasteiger partial charge in [-0.25, -0.2) is 0 Å². The van der Waals surface area contributed by atoms with E-state index in [0.717, 1.165) is 0 Å². The van der Waals surface area contributed by atoms with Crippen molar-refractivity contribution in [3.63, 3.8) is 0 Å². The zero-order valence-electron chi connectivity index (χ0n) is 13.3. The minimum Gasteiger partial charge on any atom is -0.395 e. The van der Waals surface area contributed by atoms with Gasteiger partial charge in [-0.1, -0.05) is 12.6 Å². The number of hydrazine groups is 1. The molecule has 1 aromatic carbocycles. The molecule has 2 amide bonds. The molecule has 25 heavy (non-hydrogen) atoms. The monoisotopic (exact) mass is 353 g/mol. The van der Waals surface area contributed by atoms with Gasteiger partial charge in [-0.15, -0.1) is 8.78 Å². The number of rotatable bonds is 4. The normalized spacial score (nSPS) is 18.6. The van der Waals surface area contributed by atoms with Crippen molar-refractivity contribution in [2.45, 2.75) is 19.1 Å². The minimum absolute atomic E-state index is 0.111. The second-order valence-corrected chi connectivity index (χ2v) is 5.72. The molecule has 2 aliphatic rings. The Bertz CT molecular complexity index is 703. The van der Waals surface area contributed by atoms with Crippen molar-refractivity contribution in [2.75, 3.05) is 18.5 Å². The number of nitrogens with one attached hydrogen (secondary N) is 2. The maximum Gasteiger partial charge on any atom is 0.586 e. The lowest BCUT2D eigenvalue weighted by Crippen LogP contribution is -2.43. The number of carbonyl (C=O) groups excluding carboxylic acids is 2. The zero-order valence-corrected chi connectivity index (χ0v) is 13.3. The lowest BCUT2D eigenvalue weighted by Gasteiger charge is -2.30. The first-order valence-corrected chi connectivity index (χ1v) is 7.75. The molecule has 0 saturated carbocycles. The van der Waals surface area contributed by atoms with Crippen LogP contribution >= 0.6 is 0 Å². The molecule has 2 heterocycles. The van der Waals surface area contributed by atoms with E-state index in [1.165, 1.54) is 24.3 Å². The Morgan fingerprint density at radius 1 is 1.28 bits per heavy atom. The van der Waals surface area contributed by atoms with Gasteiger partial charge in [0, 0.05) is 19.0 Å².